The second kappa shape index (κ2) is 13.1. The fraction of sp³-hybridized carbons (Fsp3) is 0.206. The van der Waals surface area contributed by atoms with Crippen LogP contribution in [0.3, 0.4) is 0 Å². The Labute approximate surface area is 270 Å². The van der Waals surface area contributed by atoms with E-state index in [2.05, 4.69) is 5.32 Å². The lowest BCUT2D eigenvalue weighted by atomic mass is 9.98. The monoisotopic (exact) mass is 642 g/mol. The van der Waals surface area contributed by atoms with E-state index in [1.165, 1.54) is 16.7 Å². The predicted octanol–water partition coefficient (Wildman–Crippen LogP) is 6.60. The Morgan fingerprint density at radius 3 is 2.53 bits per heavy atom. The van der Waals surface area contributed by atoms with Gasteiger partial charge in [-0.05, 0) is 61.5 Å². The fourth-order valence-corrected chi connectivity index (χ4v) is 6.63. The molecule has 3 heterocycles. The summed E-state index contributed by atoms with van der Waals surface area (Å²) in [5, 5.41) is 8.19. The van der Waals surface area contributed by atoms with Gasteiger partial charge in [0.2, 0.25) is 11.8 Å². The molecular formula is C34H31ClN4O5S. The number of ether oxygens (including phenoxy) is 2. The lowest BCUT2D eigenvalue weighted by Gasteiger charge is -2.23. The molecule has 0 bridgehead atoms. The molecule has 11 heteroatoms. The van der Waals surface area contributed by atoms with Crippen LogP contribution in [0.5, 0.6) is 11.5 Å². The highest BCUT2D eigenvalue weighted by Crippen LogP contribution is 2.51. The second-order valence-electron chi connectivity index (χ2n) is 10.5. The summed E-state index contributed by atoms with van der Waals surface area (Å²) in [4.78, 5) is 28.9. The number of nitrogens with zero attached hydrogens (tertiary/aromatic N) is 3. The molecule has 1 N–H and O–H groups in total. The molecule has 0 unspecified atom stereocenters. The van der Waals surface area contributed by atoms with Crippen LogP contribution >= 0.6 is 23.4 Å². The van der Waals surface area contributed by atoms with Crippen molar-refractivity contribution in [3.8, 4) is 28.4 Å². The zero-order valence-corrected chi connectivity index (χ0v) is 26.5. The van der Waals surface area contributed by atoms with Crippen LogP contribution in [-0.4, -0.2) is 48.1 Å². The molecule has 1 atom stereocenters. The number of thioether (sulfide) groups is 1. The first kappa shape index (κ1) is 30.4. The van der Waals surface area contributed by atoms with Gasteiger partial charge >= 0.3 is 0 Å². The van der Waals surface area contributed by atoms with Crippen LogP contribution in [0.1, 0.15) is 27.7 Å². The van der Waals surface area contributed by atoms with Crippen LogP contribution in [0.4, 0.5) is 5.82 Å². The Kier molecular flexibility index (Phi) is 8.86. The van der Waals surface area contributed by atoms with Crippen LogP contribution in [0.25, 0.3) is 16.9 Å². The van der Waals surface area contributed by atoms with Crippen molar-refractivity contribution in [2.45, 2.75) is 18.7 Å². The highest BCUT2D eigenvalue weighted by atomic mass is 35.5. The summed E-state index contributed by atoms with van der Waals surface area (Å²) in [5.41, 5.74) is 4.87. The minimum absolute atomic E-state index is 0.110. The first-order valence-corrected chi connectivity index (χ1v) is 15.7. The number of hydrogen-bond donors (Lipinski definition) is 1. The Morgan fingerprint density at radius 1 is 1.07 bits per heavy atom. The van der Waals surface area contributed by atoms with Crippen LogP contribution in [-0.2, 0) is 16.1 Å². The van der Waals surface area contributed by atoms with Gasteiger partial charge in [-0.15, -0.1) is 11.8 Å². The number of anilines is 1. The van der Waals surface area contributed by atoms with E-state index < -0.39 is 5.25 Å². The first-order valence-electron chi connectivity index (χ1n) is 14.2. The van der Waals surface area contributed by atoms with E-state index >= 15 is 0 Å². The van der Waals surface area contributed by atoms with E-state index in [0.29, 0.717) is 33.8 Å². The average Bonchev–Trinajstić information content (AvgIpc) is 3.69. The number of aromatic nitrogens is 2. The molecule has 0 saturated carbocycles. The molecule has 1 aliphatic rings. The molecule has 45 heavy (non-hydrogen) atoms. The zero-order chi connectivity index (χ0) is 31.5. The second-order valence-corrected chi connectivity index (χ2v) is 12.0. The average molecular weight is 643 g/mol. The molecular weight excluding hydrogens is 612 g/mol. The molecule has 9 nitrogen and oxygen atoms in total. The number of hydrogen-bond acceptors (Lipinski definition) is 7. The SMILES string of the molecule is COc1ccc(OC)c([C@@H]2SCC(=O)N(CC(=O)NCc3ccco3)c3c2c(-c2ccc(Cl)cc2)nn3-c2ccc(C)cc2)c1. The van der Waals surface area contributed by atoms with Gasteiger partial charge < -0.3 is 19.2 Å². The van der Waals surface area contributed by atoms with E-state index in [0.717, 1.165) is 27.9 Å². The van der Waals surface area contributed by atoms with Gasteiger partial charge in [0.05, 0.1) is 49.4 Å². The fourth-order valence-electron chi connectivity index (χ4n) is 5.29. The van der Waals surface area contributed by atoms with Gasteiger partial charge in [-0.3, -0.25) is 14.5 Å². The normalized spacial score (nSPS) is 14.5. The third kappa shape index (κ3) is 6.29. The van der Waals surface area contributed by atoms with Crippen molar-refractivity contribution >= 4 is 41.0 Å². The van der Waals surface area contributed by atoms with Crippen molar-refractivity contribution < 1.29 is 23.5 Å². The van der Waals surface area contributed by atoms with Gasteiger partial charge in [-0.1, -0.05) is 41.4 Å². The summed E-state index contributed by atoms with van der Waals surface area (Å²) in [7, 11) is 3.22. The molecule has 3 aromatic carbocycles. The third-order valence-corrected chi connectivity index (χ3v) is 9.03. The summed E-state index contributed by atoms with van der Waals surface area (Å²) in [6, 6.07) is 24.5. The standard InChI is InChI=1S/C34H31ClN4O5S/c1-21-6-12-24(13-7-21)39-34-31(32(37-39)22-8-10-23(35)11-9-22)33(27-17-25(42-2)14-15-28(27)43-3)45-20-30(41)38(34)19-29(40)36-18-26-5-4-16-44-26/h4-17,33H,18-20H2,1-3H3,(H,36,40)/t33-/m0/s1. The van der Waals surface area contributed by atoms with Gasteiger partial charge in [-0.25, -0.2) is 4.68 Å². The van der Waals surface area contributed by atoms with E-state index in [4.69, 9.17) is 30.6 Å². The maximum Gasteiger partial charge on any atom is 0.240 e. The molecule has 0 spiro atoms. The number of nitrogens with one attached hydrogen (secondary N) is 1. The molecule has 2 aromatic heterocycles. The maximum atomic E-state index is 14.0. The minimum atomic E-state index is -0.407. The topological polar surface area (TPSA) is 98.8 Å². The summed E-state index contributed by atoms with van der Waals surface area (Å²) >= 11 is 7.73. The van der Waals surface area contributed by atoms with Gasteiger partial charge in [0.1, 0.15) is 29.6 Å². The number of furan rings is 1. The van der Waals surface area contributed by atoms with Crippen molar-refractivity contribution in [3.05, 3.63) is 113 Å². The van der Waals surface area contributed by atoms with Gasteiger partial charge in [0.15, 0.2) is 0 Å². The number of amides is 2. The number of aryl methyl sites for hydroxylation is 1. The van der Waals surface area contributed by atoms with Crippen molar-refractivity contribution in [1.29, 1.82) is 0 Å². The molecule has 230 valence electrons. The molecule has 1 aliphatic heterocycles. The number of carbonyl (C=O) groups excluding carboxylic acids is 2. The van der Waals surface area contributed by atoms with Crippen molar-refractivity contribution in [3.63, 3.8) is 0 Å². The quantitative estimate of drug-likeness (QED) is 0.194. The first-order chi connectivity index (χ1) is 21.9. The van der Waals surface area contributed by atoms with E-state index in [9.17, 15) is 9.59 Å². The summed E-state index contributed by atoms with van der Waals surface area (Å²) in [5.74, 6) is 1.95. The lowest BCUT2D eigenvalue weighted by molar-refractivity contribution is -0.123. The number of halogens is 1. The highest BCUT2D eigenvalue weighted by Gasteiger charge is 2.39. The van der Waals surface area contributed by atoms with E-state index in [1.807, 2.05) is 73.7 Å². The summed E-state index contributed by atoms with van der Waals surface area (Å²) in [6.45, 7) is 1.99. The predicted molar refractivity (Wildman–Crippen MR) is 176 cm³/mol. The molecule has 0 aliphatic carbocycles. The zero-order valence-electron chi connectivity index (χ0n) is 25.0. The van der Waals surface area contributed by atoms with Gasteiger partial charge in [0.25, 0.3) is 0 Å². The molecule has 2 amide bonds. The Morgan fingerprint density at radius 2 is 1.84 bits per heavy atom. The highest BCUT2D eigenvalue weighted by molar-refractivity contribution is 8.00. The number of carbonyl (C=O) groups is 2. The Balaban J connectivity index is 1.58. The van der Waals surface area contributed by atoms with E-state index in [1.54, 1.807) is 37.3 Å². The molecule has 0 fully saturated rings. The summed E-state index contributed by atoms with van der Waals surface area (Å²) < 4.78 is 18.5. The minimum Gasteiger partial charge on any atom is -0.497 e. The maximum absolute atomic E-state index is 14.0. The summed E-state index contributed by atoms with van der Waals surface area (Å²) in [6.07, 6.45) is 1.55. The number of rotatable bonds is 9. The van der Waals surface area contributed by atoms with Crippen molar-refractivity contribution in [2.75, 3.05) is 31.4 Å². The van der Waals surface area contributed by atoms with Crippen LogP contribution in [0.2, 0.25) is 5.02 Å². The number of fused-ring (bicyclic) bond motifs is 1. The van der Waals surface area contributed by atoms with Crippen molar-refractivity contribution in [1.82, 2.24) is 15.1 Å². The van der Waals surface area contributed by atoms with Crippen LogP contribution in [0, 0.1) is 6.92 Å². The smallest absolute Gasteiger partial charge is 0.240 e. The van der Waals surface area contributed by atoms with Gasteiger partial charge in [0, 0.05) is 21.7 Å². The van der Waals surface area contributed by atoms with Crippen molar-refractivity contribution in [2.24, 2.45) is 0 Å². The molecule has 5 aromatic rings. The Hall–Kier alpha value is -4.67. The molecule has 0 radical (unpaired) electrons. The molecule has 6 rings (SSSR count). The Bertz CT molecular complexity index is 1820. The van der Waals surface area contributed by atoms with Crippen LogP contribution in [0.15, 0.2) is 89.5 Å². The van der Waals surface area contributed by atoms with E-state index in [-0.39, 0.29) is 30.7 Å². The number of methoxy groups -OCH3 is 2. The molecule has 0 saturated heterocycles. The lowest BCUT2D eigenvalue weighted by Crippen LogP contribution is -2.42. The van der Waals surface area contributed by atoms with Crippen LogP contribution < -0.4 is 19.7 Å². The third-order valence-electron chi connectivity index (χ3n) is 7.55. The largest absolute Gasteiger partial charge is 0.497 e. The van der Waals surface area contributed by atoms with Gasteiger partial charge in [-0.2, -0.15) is 5.10 Å². The number of benzene rings is 3.